The predicted molar refractivity (Wildman–Crippen MR) is 72.0 cm³/mol. The Morgan fingerprint density at radius 2 is 1.78 bits per heavy atom. The number of carbonyl (C=O) groups is 1. The highest BCUT2D eigenvalue weighted by Gasteiger charge is 2.02. The van der Waals surface area contributed by atoms with Gasteiger partial charge in [-0.25, -0.2) is 0 Å². The monoisotopic (exact) mass is 240 g/mol. The number of aromatic hydroxyl groups is 1. The molecule has 2 aromatic rings. The molecule has 0 fully saturated rings. The average Bonchev–Trinajstić information content (AvgIpc) is 2.42. The Hall–Kier alpha value is -2.09. The molecule has 0 spiro atoms. The zero-order valence-corrected chi connectivity index (χ0v) is 10.2. The molecule has 2 aromatic carbocycles. The van der Waals surface area contributed by atoms with Gasteiger partial charge in [0, 0.05) is 5.56 Å². The van der Waals surface area contributed by atoms with Crippen LogP contribution in [0, 0.1) is 0 Å². The Labute approximate surface area is 107 Å². The van der Waals surface area contributed by atoms with Crippen molar-refractivity contribution < 1.29 is 9.90 Å². The lowest BCUT2D eigenvalue weighted by Gasteiger charge is -2.05. The first-order valence-corrected chi connectivity index (χ1v) is 6.10. The maximum Gasteiger partial charge on any atom is 0.150 e. The van der Waals surface area contributed by atoms with Gasteiger partial charge in [-0.3, -0.25) is 4.79 Å². The molecule has 0 aromatic heterocycles. The maximum absolute atomic E-state index is 10.6. The number of aldehydes is 1. The molecule has 0 saturated carbocycles. The highest BCUT2D eigenvalue weighted by Crippen LogP contribution is 2.20. The zero-order chi connectivity index (χ0) is 12.8. The molecule has 18 heavy (non-hydrogen) atoms. The summed E-state index contributed by atoms with van der Waals surface area (Å²) in [6, 6.07) is 15.4. The van der Waals surface area contributed by atoms with Crippen molar-refractivity contribution in [1.29, 1.82) is 0 Å². The van der Waals surface area contributed by atoms with Gasteiger partial charge < -0.3 is 5.11 Å². The minimum Gasteiger partial charge on any atom is -0.508 e. The standard InChI is InChI=1S/C16H16O2/c17-12-14-9-10-15(16(18)11-14)8-4-7-13-5-2-1-3-6-13/h1-3,5-6,9-12,18H,4,7-8H2. The topological polar surface area (TPSA) is 37.3 Å². The van der Waals surface area contributed by atoms with E-state index in [1.807, 2.05) is 24.3 Å². The predicted octanol–water partition coefficient (Wildman–Crippen LogP) is 3.38. The van der Waals surface area contributed by atoms with Crippen LogP contribution in [0.2, 0.25) is 0 Å². The SMILES string of the molecule is O=Cc1ccc(CCCc2ccccc2)c(O)c1. The van der Waals surface area contributed by atoms with Gasteiger partial charge in [-0.05, 0) is 36.5 Å². The normalized spacial score (nSPS) is 10.2. The zero-order valence-electron chi connectivity index (χ0n) is 10.2. The summed E-state index contributed by atoms with van der Waals surface area (Å²) in [5.74, 6) is 0.215. The lowest BCUT2D eigenvalue weighted by molar-refractivity contribution is 0.112. The molecule has 0 unspecified atom stereocenters. The fraction of sp³-hybridized carbons (Fsp3) is 0.188. The van der Waals surface area contributed by atoms with E-state index in [1.54, 1.807) is 6.07 Å². The van der Waals surface area contributed by atoms with Crippen LogP contribution in [-0.4, -0.2) is 11.4 Å². The van der Waals surface area contributed by atoms with Crippen molar-refractivity contribution in [2.24, 2.45) is 0 Å². The molecule has 92 valence electrons. The molecule has 0 radical (unpaired) electrons. The first-order valence-electron chi connectivity index (χ1n) is 6.10. The average molecular weight is 240 g/mol. The number of phenolic OH excluding ortho intramolecular Hbond substituents is 1. The molecule has 2 rings (SSSR count). The largest absolute Gasteiger partial charge is 0.508 e. The summed E-state index contributed by atoms with van der Waals surface area (Å²) in [5, 5.41) is 9.76. The van der Waals surface area contributed by atoms with Crippen LogP contribution < -0.4 is 0 Å². The van der Waals surface area contributed by atoms with E-state index in [-0.39, 0.29) is 5.75 Å². The first kappa shape index (κ1) is 12.4. The third-order valence-electron chi connectivity index (χ3n) is 3.00. The maximum atomic E-state index is 10.6. The number of rotatable bonds is 5. The van der Waals surface area contributed by atoms with Gasteiger partial charge in [0.15, 0.2) is 0 Å². The Balaban J connectivity index is 1.92. The second kappa shape index (κ2) is 6.01. The fourth-order valence-electron chi connectivity index (χ4n) is 1.99. The molecule has 0 aliphatic heterocycles. The molecule has 2 nitrogen and oxygen atoms in total. The van der Waals surface area contributed by atoms with E-state index in [4.69, 9.17) is 0 Å². The molecule has 0 aliphatic carbocycles. The lowest BCUT2D eigenvalue weighted by Crippen LogP contribution is -1.91. The van der Waals surface area contributed by atoms with Crippen molar-refractivity contribution in [3.05, 3.63) is 65.2 Å². The molecule has 1 N–H and O–H groups in total. The van der Waals surface area contributed by atoms with Crippen LogP contribution in [-0.2, 0) is 12.8 Å². The summed E-state index contributed by atoms with van der Waals surface area (Å²) in [5.41, 5.74) is 2.72. The summed E-state index contributed by atoms with van der Waals surface area (Å²) >= 11 is 0. The van der Waals surface area contributed by atoms with Crippen LogP contribution in [0.3, 0.4) is 0 Å². The Morgan fingerprint density at radius 3 is 2.44 bits per heavy atom. The van der Waals surface area contributed by atoms with E-state index in [0.29, 0.717) is 5.56 Å². The van der Waals surface area contributed by atoms with Crippen LogP contribution in [0.25, 0.3) is 0 Å². The minimum absolute atomic E-state index is 0.215. The molecule has 0 atom stereocenters. The van der Waals surface area contributed by atoms with Gasteiger partial charge in [-0.1, -0.05) is 42.5 Å². The summed E-state index contributed by atoms with van der Waals surface area (Å²) < 4.78 is 0. The molecule has 0 saturated heterocycles. The number of carbonyl (C=O) groups excluding carboxylic acids is 1. The smallest absolute Gasteiger partial charge is 0.150 e. The van der Waals surface area contributed by atoms with E-state index < -0.39 is 0 Å². The highest BCUT2D eigenvalue weighted by atomic mass is 16.3. The van der Waals surface area contributed by atoms with Crippen LogP contribution in [0.4, 0.5) is 0 Å². The van der Waals surface area contributed by atoms with Gasteiger partial charge >= 0.3 is 0 Å². The Kier molecular flexibility index (Phi) is 4.13. The second-order valence-corrected chi connectivity index (χ2v) is 4.35. The van der Waals surface area contributed by atoms with Crippen molar-refractivity contribution in [3.63, 3.8) is 0 Å². The molecule has 2 heteroatoms. The van der Waals surface area contributed by atoms with E-state index in [1.165, 1.54) is 11.6 Å². The third kappa shape index (κ3) is 3.20. The minimum atomic E-state index is 0.215. The lowest BCUT2D eigenvalue weighted by atomic mass is 10.0. The van der Waals surface area contributed by atoms with E-state index >= 15 is 0 Å². The van der Waals surface area contributed by atoms with Crippen molar-refractivity contribution in [1.82, 2.24) is 0 Å². The summed E-state index contributed by atoms with van der Waals surface area (Å²) in [4.78, 5) is 10.6. The van der Waals surface area contributed by atoms with Gasteiger partial charge in [0.1, 0.15) is 12.0 Å². The summed E-state index contributed by atoms with van der Waals surface area (Å²) in [6.07, 6.45) is 3.54. The van der Waals surface area contributed by atoms with Gasteiger partial charge in [-0.2, -0.15) is 0 Å². The Bertz CT molecular complexity index is 518. The van der Waals surface area contributed by atoms with Gasteiger partial charge in [0.2, 0.25) is 0 Å². The van der Waals surface area contributed by atoms with Crippen molar-refractivity contribution in [3.8, 4) is 5.75 Å². The highest BCUT2D eigenvalue weighted by molar-refractivity contribution is 5.75. The van der Waals surface area contributed by atoms with E-state index in [9.17, 15) is 9.90 Å². The molecule has 0 amide bonds. The van der Waals surface area contributed by atoms with Crippen LogP contribution in [0.5, 0.6) is 5.75 Å². The molecule has 0 bridgehead atoms. The quantitative estimate of drug-likeness (QED) is 0.813. The second-order valence-electron chi connectivity index (χ2n) is 4.35. The van der Waals surface area contributed by atoms with Gasteiger partial charge in [0.25, 0.3) is 0 Å². The molecular formula is C16H16O2. The van der Waals surface area contributed by atoms with Crippen molar-refractivity contribution >= 4 is 6.29 Å². The fourth-order valence-corrected chi connectivity index (χ4v) is 1.99. The number of phenols is 1. The van der Waals surface area contributed by atoms with E-state index in [0.717, 1.165) is 31.1 Å². The van der Waals surface area contributed by atoms with Crippen LogP contribution >= 0.6 is 0 Å². The number of hydrogen-bond donors (Lipinski definition) is 1. The summed E-state index contributed by atoms with van der Waals surface area (Å²) in [7, 11) is 0. The third-order valence-corrected chi connectivity index (χ3v) is 3.00. The van der Waals surface area contributed by atoms with Gasteiger partial charge in [0.05, 0.1) is 0 Å². The molecule has 0 aliphatic rings. The Morgan fingerprint density at radius 1 is 1.00 bits per heavy atom. The number of aryl methyl sites for hydroxylation is 2. The molecule has 0 heterocycles. The van der Waals surface area contributed by atoms with Gasteiger partial charge in [-0.15, -0.1) is 0 Å². The number of hydrogen-bond acceptors (Lipinski definition) is 2. The van der Waals surface area contributed by atoms with Crippen LogP contribution in [0.15, 0.2) is 48.5 Å². The summed E-state index contributed by atoms with van der Waals surface area (Å²) in [6.45, 7) is 0. The first-order chi connectivity index (χ1) is 8.79. The molecular weight excluding hydrogens is 224 g/mol. The van der Waals surface area contributed by atoms with Crippen molar-refractivity contribution in [2.45, 2.75) is 19.3 Å². The van der Waals surface area contributed by atoms with Crippen molar-refractivity contribution in [2.75, 3.05) is 0 Å². The number of benzene rings is 2. The van der Waals surface area contributed by atoms with E-state index in [2.05, 4.69) is 12.1 Å². The van der Waals surface area contributed by atoms with Crippen LogP contribution in [0.1, 0.15) is 27.9 Å².